The highest BCUT2D eigenvalue weighted by Crippen LogP contribution is 2.39. The molecule has 3 rings (SSSR count). The van der Waals surface area contributed by atoms with Crippen LogP contribution in [-0.2, 0) is 4.74 Å². The maximum Gasteiger partial charge on any atom is 0.148 e. The standard InChI is InChI=1S/C13H19N3O/c1-8-7-14-9(2)13(15-8)16-11-5-6-17-12(11)10-3-4-10/h7,10-12H,3-6H2,1-2H3,(H,15,16). The number of aryl methyl sites for hydroxylation is 2. The van der Waals surface area contributed by atoms with Crippen molar-refractivity contribution in [1.29, 1.82) is 0 Å². The number of rotatable bonds is 3. The summed E-state index contributed by atoms with van der Waals surface area (Å²) >= 11 is 0. The largest absolute Gasteiger partial charge is 0.376 e. The van der Waals surface area contributed by atoms with E-state index in [2.05, 4.69) is 15.3 Å². The van der Waals surface area contributed by atoms with Crippen LogP contribution in [-0.4, -0.2) is 28.7 Å². The van der Waals surface area contributed by atoms with E-state index in [4.69, 9.17) is 4.74 Å². The summed E-state index contributed by atoms with van der Waals surface area (Å²) in [6, 6.07) is 0.414. The zero-order chi connectivity index (χ0) is 11.8. The molecule has 4 heteroatoms. The van der Waals surface area contributed by atoms with Gasteiger partial charge in [-0.15, -0.1) is 0 Å². The molecule has 1 aliphatic carbocycles. The Morgan fingerprint density at radius 1 is 1.29 bits per heavy atom. The van der Waals surface area contributed by atoms with Crippen molar-refractivity contribution in [3.05, 3.63) is 17.6 Å². The van der Waals surface area contributed by atoms with Gasteiger partial charge in [0.05, 0.1) is 23.5 Å². The molecule has 0 aromatic carbocycles. The van der Waals surface area contributed by atoms with Crippen molar-refractivity contribution in [3.63, 3.8) is 0 Å². The lowest BCUT2D eigenvalue weighted by atomic mass is 10.1. The Hall–Kier alpha value is -1.16. The number of nitrogens with one attached hydrogen (secondary N) is 1. The van der Waals surface area contributed by atoms with Crippen molar-refractivity contribution < 1.29 is 4.74 Å². The summed E-state index contributed by atoms with van der Waals surface area (Å²) in [5.41, 5.74) is 1.93. The van der Waals surface area contributed by atoms with Crippen LogP contribution < -0.4 is 5.32 Å². The van der Waals surface area contributed by atoms with E-state index in [0.29, 0.717) is 12.1 Å². The van der Waals surface area contributed by atoms with Crippen LogP contribution in [0.2, 0.25) is 0 Å². The lowest BCUT2D eigenvalue weighted by Gasteiger charge is -2.20. The molecule has 1 aromatic heterocycles. The van der Waals surface area contributed by atoms with Crippen molar-refractivity contribution in [1.82, 2.24) is 9.97 Å². The monoisotopic (exact) mass is 233 g/mol. The van der Waals surface area contributed by atoms with E-state index in [1.807, 2.05) is 20.0 Å². The fraction of sp³-hybridized carbons (Fsp3) is 0.692. The van der Waals surface area contributed by atoms with Crippen LogP contribution in [0.1, 0.15) is 30.7 Å². The molecule has 2 aliphatic rings. The molecule has 1 saturated heterocycles. The molecule has 0 spiro atoms. The van der Waals surface area contributed by atoms with E-state index >= 15 is 0 Å². The normalized spacial score (nSPS) is 28.4. The average Bonchev–Trinajstić information content (AvgIpc) is 3.05. The summed E-state index contributed by atoms with van der Waals surface area (Å²) in [6.07, 6.45) is 5.92. The molecule has 0 amide bonds. The fourth-order valence-corrected chi connectivity index (χ4v) is 2.51. The highest BCUT2D eigenvalue weighted by molar-refractivity contribution is 5.41. The van der Waals surface area contributed by atoms with E-state index in [1.54, 1.807) is 0 Å². The van der Waals surface area contributed by atoms with Crippen molar-refractivity contribution >= 4 is 5.82 Å². The Kier molecular flexibility index (Phi) is 2.74. The lowest BCUT2D eigenvalue weighted by Crippen LogP contribution is -2.31. The van der Waals surface area contributed by atoms with Gasteiger partial charge in [0.15, 0.2) is 0 Å². The molecule has 1 N–H and O–H groups in total. The summed E-state index contributed by atoms with van der Waals surface area (Å²) in [5.74, 6) is 1.69. The minimum atomic E-state index is 0.386. The van der Waals surface area contributed by atoms with E-state index in [9.17, 15) is 0 Å². The summed E-state index contributed by atoms with van der Waals surface area (Å²) in [6.45, 7) is 4.84. The van der Waals surface area contributed by atoms with Gasteiger partial charge in [0.2, 0.25) is 0 Å². The maximum absolute atomic E-state index is 5.82. The molecule has 4 nitrogen and oxygen atoms in total. The molecule has 2 fully saturated rings. The van der Waals surface area contributed by atoms with Gasteiger partial charge in [0, 0.05) is 12.8 Å². The molecular formula is C13H19N3O. The molecule has 17 heavy (non-hydrogen) atoms. The van der Waals surface area contributed by atoms with Gasteiger partial charge in [0.1, 0.15) is 5.82 Å². The molecule has 1 aromatic rings. The molecule has 0 radical (unpaired) electrons. The predicted molar refractivity (Wildman–Crippen MR) is 66.0 cm³/mol. The van der Waals surface area contributed by atoms with E-state index in [1.165, 1.54) is 12.8 Å². The molecule has 2 heterocycles. The smallest absolute Gasteiger partial charge is 0.148 e. The number of anilines is 1. The number of aromatic nitrogens is 2. The summed E-state index contributed by atoms with van der Waals surface area (Å²) < 4.78 is 5.82. The van der Waals surface area contributed by atoms with E-state index in [-0.39, 0.29) is 0 Å². The second-order valence-corrected chi connectivity index (χ2v) is 5.16. The third-order valence-electron chi connectivity index (χ3n) is 3.62. The van der Waals surface area contributed by atoms with Crippen LogP contribution >= 0.6 is 0 Å². The van der Waals surface area contributed by atoms with Crippen LogP contribution in [0, 0.1) is 19.8 Å². The molecule has 1 saturated carbocycles. The van der Waals surface area contributed by atoms with Crippen LogP contribution in [0.3, 0.4) is 0 Å². The van der Waals surface area contributed by atoms with Gasteiger partial charge in [0.25, 0.3) is 0 Å². The summed E-state index contributed by atoms with van der Waals surface area (Å²) in [5, 5.41) is 3.52. The quantitative estimate of drug-likeness (QED) is 0.868. The molecule has 2 atom stereocenters. The zero-order valence-corrected chi connectivity index (χ0v) is 10.4. The predicted octanol–water partition coefficient (Wildman–Crippen LogP) is 2.07. The minimum absolute atomic E-state index is 0.386. The SMILES string of the molecule is Cc1cnc(C)c(NC2CCOC2C2CC2)n1. The maximum atomic E-state index is 5.82. The van der Waals surface area contributed by atoms with Crippen LogP contribution in [0.25, 0.3) is 0 Å². The Balaban J connectivity index is 1.74. The summed E-state index contributed by atoms with van der Waals surface area (Å²) in [7, 11) is 0. The van der Waals surface area contributed by atoms with Gasteiger partial charge in [-0.1, -0.05) is 0 Å². The van der Waals surface area contributed by atoms with Crippen molar-refractivity contribution in [3.8, 4) is 0 Å². The average molecular weight is 233 g/mol. The topological polar surface area (TPSA) is 47.0 Å². The number of hydrogen-bond acceptors (Lipinski definition) is 4. The van der Waals surface area contributed by atoms with Gasteiger partial charge in [-0.25, -0.2) is 4.98 Å². The third kappa shape index (κ3) is 2.27. The van der Waals surface area contributed by atoms with Gasteiger partial charge in [-0.2, -0.15) is 0 Å². The van der Waals surface area contributed by atoms with Crippen molar-refractivity contribution in [2.75, 3.05) is 11.9 Å². The third-order valence-corrected chi connectivity index (χ3v) is 3.62. The van der Waals surface area contributed by atoms with Crippen molar-refractivity contribution in [2.24, 2.45) is 5.92 Å². The number of ether oxygens (including phenoxy) is 1. The first kappa shape index (κ1) is 11.0. The molecule has 2 unspecified atom stereocenters. The Labute approximate surface area is 102 Å². The first-order chi connectivity index (χ1) is 8.24. The van der Waals surface area contributed by atoms with Crippen LogP contribution in [0.5, 0.6) is 0 Å². The Morgan fingerprint density at radius 3 is 2.88 bits per heavy atom. The van der Waals surface area contributed by atoms with Crippen LogP contribution in [0.15, 0.2) is 6.20 Å². The van der Waals surface area contributed by atoms with Gasteiger partial charge in [-0.3, -0.25) is 4.98 Å². The Bertz CT molecular complexity index is 417. The van der Waals surface area contributed by atoms with E-state index in [0.717, 1.165) is 36.2 Å². The second kappa shape index (κ2) is 4.26. The first-order valence-electron chi connectivity index (χ1n) is 6.42. The Morgan fingerprint density at radius 2 is 2.12 bits per heavy atom. The number of hydrogen-bond donors (Lipinski definition) is 1. The van der Waals surface area contributed by atoms with Gasteiger partial charge < -0.3 is 10.1 Å². The van der Waals surface area contributed by atoms with Crippen molar-refractivity contribution in [2.45, 2.75) is 45.3 Å². The highest BCUT2D eigenvalue weighted by Gasteiger charge is 2.40. The molecular weight excluding hydrogens is 214 g/mol. The molecule has 0 bridgehead atoms. The zero-order valence-electron chi connectivity index (χ0n) is 10.4. The van der Waals surface area contributed by atoms with E-state index < -0.39 is 0 Å². The number of nitrogens with zero attached hydrogens (tertiary/aromatic N) is 2. The molecule has 92 valence electrons. The molecule has 1 aliphatic heterocycles. The lowest BCUT2D eigenvalue weighted by molar-refractivity contribution is 0.0898. The van der Waals surface area contributed by atoms with Gasteiger partial charge >= 0.3 is 0 Å². The summed E-state index contributed by atoms with van der Waals surface area (Å²) in [4.78, 5) is 8.86. The van der Waals surface area contributed by atoms with Crippen LogP contribution in [0.4, 0.5) is 5.82 Å². The first-order valence-corrected chi connectivity index (χ1v) is 6.42. The van der Waals surface area contributed by atoms with Gasteiger partial charge in [-0.05, 0) is 39.0 Å². The second-order valence-electron chi connectivity index (χ2n) is 5.16. The fourth-order valence-electron chi connectivity index (χ4n) is 2.51. The minimum Gasteiger partial charge on any atom is -0.376 e. The highest BCUT2D eigenvalue weighted by atomic mass is 16.5.